The minimum absolute atomic E-state index is 0.0712. The summed E-state index contributed by atoms with van der Waals surface area (Å²) in [6.07, 6.45) is 3.44. The quantitative estimate of drug-likeness (QED) is 0.451. The van der Waals surface area contributed by atoms with Crippen molar-refractivity contribution in [3.8, 4) is 0 Å². The van der Waals surface area contributed by atoms with E-state index in [0.29, 0.717) is 12.3 Å². The highest BCUT2D eigenvalue weighted by Crippen LogP contribution is 2.09. The fourth-order valence-electron chi connectivity index (χ4n) is 2.90. The molecule has 3 aromatic rings. The van der Waals surface area contributed by atoms with Crippen molar-refractivity contribution >= 4 is 16.1 Å². The summed E-state index contributed by atoms with van der Waals surface area (Å²) in [5.74, 6) is -1.30. The van der Waals surface area contributed by atoms with Crippen LogP contribution in [0, 0.1) is 0 Å². The van der Waals surface area contributed by atoms with E-state index >= 15 is 0 Å². The normalized spacial score (nSPS) is 12.4. The first-order valence-corrected chi connectivity index (χ1v) is 11.4. The zero-order valence-corrected chi connectivity index (χ0v) is 17.8. The molecule has 0 amide bonds. The molecule has 3 rings (SSSR count). The summed E-state index contributed by atoms with van der Waals surface area (Å²) in [7, 11) is -4.03. The Hall–Kier alpha value is -3.01. The summed E-state index contributed by atoms with van der Waals surface area (Å²) in [6.45, 7) is 0.646. The van der Waals surface area contributed by atoms with Crippen LogP contribution in [0.25, 0.3) is 0 Å². The third kappa shape index (κ3) is 7.32. The average molecular weight is 444 g/mol. The number of benzene rings is 2. The lowest BCUT2D eigenvalue weighted by Crippen LogP contribution is -2.37. The molecule has 2 aromatic carbocycles. The maximum Gasteiger partial charge on any atom is 0.339 e. The van der Waals surface area contributed by atoms with Crippen molar-refractivity contribution in [1.29, 1.82) is 0 Å². The van der Waals surface area contributed by atoms with Crippen LogP contribution in [0.1, 0.15) is 16.8 Å². The molecule has 0 saturated carbocycles. The number of carbonyl (C=O) groups excluding carboxylic acids is 1. The number of aromatic nitrogens is 2. The van der Waals surface area contributed by atoms with E-state index in [9.17, 15) is 13.2 Å². The van der Waals surface area contributed by atoms with Gasteiger partial charge in [-0.3, -0.25) is 0 Å². The molecule has 0 aliphatic heterocycles. The van der Waals surface area contributed by atoms with Gasteiger partial charge in [0.2, 0.25) is 0 Å². The molecular formula is C22H25N3O5S. The molecule has 31 heavy (non-hydrogen) atoms. The number of hydrogen-bond donors (Lipinski definition) is 1. The fourth-order valence-corrected chi connectivity index (χ4v) is 3.84. The Kier molecular flexibility index (Phi) is 7.94. The largest absolute Gasteiger partial charge is 0.356 e. The lowest BCUT2D eigenvalue weighted by atomic mass is 10.2. The Morgan fingerprint density at radius 3 is 2.35 bits per heavy atom. The third-order valence-electron chi connectivity index (χ3n) is 4.56. The SMILES string of the molecule is N[C@@H](Cc1cncn1COCc1ccccc1)C(=O)OS(=O)(=O)CCc1ccccc1. The zero-order chi connectivity index (χ0) is 22.1. The summed E-state index contributed by atoms with van der Waals surface area (Å²) >= 11 is 0. The molecule has 0 saturated heterocycles. The fraction of sp³-hybridized carbons (Fsp3) is 0.273. The number of nitrogens with zero attached hydrogens (tertiary/aromatic N) is 2. The van der Waals surface area contributed by atoms with Gasteiger partial charge in [-0.2, -0.15) is 8.42 Å². The Balaban J connectivity index is 1.48. The molecule has 1 atom stereocenters. The van der Waals surface area contributed by atoms with Crippen LogP contribution >= 0.6 is 0 Å². The monoisotopic (exact) mass is 443 g/mol. The first-order chi connectivity index (χ1) is 14.9. The molecule has 1 aromatic heterocycles. The van der Waals surface area contributed by atoms with E-state index in [0.717, 1.165) is 11.1 Å². The van der Waals surface area contributed by atoms with Crippen molar-refractivity contribution in [1.82, 2.24) is 9.55 Å². The van der Waals surface area contributed by atoms with E-state index in [2.05, 4.69) is 4.98 Å². The van der Waals surface area contributed by atoms with Crippen LogP contribution in [0.3, 0.4) is 0 Å². The number of aryl methyl sites for hydroxylation is 1. The van der Waals surface area contributed by atoms with Crippen LogP contribution in [0.2, 0.25) is 0 Å². The van der Waals surface area contributed by atoms with E-state index in [1.54, 1.807) is 17.1 Å². The van der Waals surface area contributed by atoms with Crippen LogP contribution < -0.4 is 5.73 Å². The van der Waals surface area contributed by atoms with Crippen molar-refractivity contribution in [2.24, 2.45) is 5.73 Å². The smallest absolute Gasteiger partial charge is 0.339 e. The number of carbonyl (C=O) groups is 1. The molecule has 0 aliphatic carbocycles. The second-order valence-electron chi connectivity index (χ2n) is 7.03. The van der Waals surface area contributed by atoms with E-state index < -0.39 is 22.1 Å². The highest BCUT2D eigenvalue weighted by molar-refractivity contribution is 7.87. The van der Waals surface area contributed by atoms with E-state index in [4.69, 9.17) is 14.7 Å². The molecule has 0 radical (unpaired) electrons. The van der Waals surface area contributed by atoms with Crippen molar-refractivity contribution in [2.75, 3.05) is 5.75 Å². The average Bonchev–Trinajstić information content (AvgIpc) is 3.20. The molecule has 2 N–H and O–H groups in total. The van der Waals surface area contributed by atoms with Gasteiger partial charge in [-0.25, -0.2) is 9.78 Å². The van der Waals surface area contributed by atoms with Crippen LogP contribution in [-0.4, -0.2) is 35.7 Å². The van der Waals surface area contributed by atoms with Gasteiger partial charge >= 0.3 is 16.1 Å². The number of hydrogen-bond acceptors (Lipinski definition) is 7. The first-order valence-electron chi connectivity index (χ1n) is 9.79. The standard InChI is InChI=1S/C22H25N3O5S/c23-21(22(26)30-31(27,28)12-11-18-7-3-1-4-8-18)13-20-14-24-16-25(20)17-29-15-19-9-5-2-6-10-19/h1-10,14,16,21H,11-13,15,17,23H2/t21-/m0/s1. The predicted molar refractivity (Wildman–Crippen MR) is 115 cm³/mol. The predicted octanol–water partition coefficient (Wildman–Crippen LogP) is 2.04. The van der Waals surface area contributed by atoms with Crippen LogP contribution in [0.15, 0.2) is 73.2 Å². The summed E-state index contributed by atoms with van der Waals surface area (Å²) < 4.78 is 36.3. The first kappa shape index (κ1) is 22.7. The van der Waals surface area contributed by atoms with Gasteiger partial charge in [0, 0.05) is 18.3 Å². The Labute approximate surface area is 181 Å². The van der Waals surface area contributed by atoms with Gasteiger partial charge in [0.1, 0.15) is 12.8 Å². The topological polar surface area (TPSA) is 114 Å². The summed E-state index contributed by atoms with van der Waals surface area (Å²) in [5, 5.41) is 0. The molecule has 9 heteroatoms. The van der Waals surface area contributed by atoms with Gasteiger partial charge in [0.05, 0.1) is 18.7 Å². The van der Waals surface area contributed by atoms with Crippen LogP contribution in [0.5, 0.6) is 0 Å². The molecule has 0 bridgehead atoms. The molecule has 0 aliphatic rings. The molecule has 0 spiro atoms. The van der Waals surface area contributed by atoms with Gasteiger partial charge in [0.25, 0.3) is 0 Å². The molecule has 164 valence electrons. The number of nitrogens with two attached hydrogens (primary N) is 1. The van der Waals surface area contributed by atoms with Gasteiger partial charge in [0.15, 0.2) is 0 Å². The van der Waals surface area contributed by atoms with Crippen LogP contribution in [0.4, 0.5) is 0 Å². The lowest BCUT2D eigenvalue weighted by Gasteiger charge is -2.13. The molecule has 1 heterocycles. The highest BCUT2D eigenvalue weighted by atomic mass is 32.2. The second-order valence-corrected chi connectivity index (χ2v) is 8.72. The summed E-state index contributed by atoms with van der Waals surface area (Å²) in [6, 6.07) is 17.7. The van der Waals surface area contributed by atoms with Crippen molar-refractivity contribution in [2.45, 2.75) is 32.2 Å². The van der Waals surface area contributed by atoms with Gasteiger partial charge in [-0.05, 0) is 17.5 Å². The van der Waals surface area contributed by atoms with E-state index in [1.807, 2.05) is 60.7 Å². The molecular weight excluding hydrogens is 418 g/mol. The zero-order valence-electron chi connectivity index (χ0n) is 17.0. The summed E-state index contributed by atoms with van der Waals surface area (Å²) in [4.78, 5) is 16.3. The molecule has 0 unspecified atom stereocenters. The second kappa shape index (κ2) is 10.9. The molecule has 8 nitrogen and oxygen atoms in total. The van der Waals surface area contributed by atoms with E-state index in [-0.39, 0.29) is 25.3 Å². The molecule has 0 fully saturated rings. The minimum atomic E-state index is -4.03. The maximum atomic E-state index is 12.2. The Bertz CT molecular complexity index is 1070. The third-order valence-corrected chi connectivity index (χ3v) is 5.69. The van der Waals surface area contributed by atoms with Crippen molar-refractivity contribution in [3.63, 3.8) is 0 Å². The van der Waals surface area contributed by atoms with E-state index in [1.165, 1.54) is 0 Å². The van der Waals surface area contributed by atoms with Crippen LogP contribution in [-0.2, 0) is 50.0 Å². The Morgan fingerprint density at radius 2 is 1.68 bits per heavy atom. The number of ether oxygens (including phenoxy) is 1. The van der Waals surface area contributed by atoms with Crippen molar-refractivity contribution in [3.05, 3.63) is 90.0 Å². The Morgan fingerprint density at radius 1 is 1.03 bits per heavy atom. The summed E-state index contributed by atoms with van der Waals surface area (Å²) in [5.41, 5.74) is 8.40. The van der Waals surface area contributed by atoms with Gasteiger partial charge in [-0.15, -0.1) is 0 Å². The van der Waals surface area contributed by atoms with Gasteiger partial charge < -0.3 is 19.2 Å². The highest BCUT2D eigenvalue weighted by Gasteiger charge is 2.24. The number of rotatable bonds is 11. The minimum Gasteiger partial charge on any atom is -0.356 e. The maximum absolute atomic E-state index is 12.2. The van der Waals surface area contributed by atoms with Gasteiger partial charge in [-0.1, -0.05) is 60.7 Å². The lowest BCUT2D eigenvalue weighted by molar-refractivity contribution is -0.135. The van der Waals surface area contributed by atoms with Crippen molar-refractivity contribution < 1.29 is 22.1 Å². The number of imidazole rings is 1.